The zero-order valence-electron chi connectivity index (χ0n) is 13.7. The van der Waals surface area contributed by atoms with Crippen LogP contribution < -0.4 is 5.73 Å². The van der Waals surface area contributed by atoms with Gasteiger partial charge in [0.05, 0.1) is 6.10 Å². The highest BCUT2D eigenvalue weighted by Crippen LogP contribution is 2.34. The molecule has 0 heterocycles. The predicted molar refractivity (Wildman–Crippen MR) is 89.5 cm³/mol. The second-order valence-electron chi connectivity index (χ2n) is 5.64. The average Bonchev–Trinajstić information content (AvgIpc) is 2.56. The third-order valence-electron chi connectivity index (χ3n) is 3.77. The Morgan fingerprint density at radius 2 is 1.48 bits per heavy atom. The lowest BCUT2D eigenvalue weighted by Crippen LogP contribution is -2.39. The Bertz CT molecular complexity index is 630. The third-order valence-corrected chi connectivity index (χ3v) is 3.77. The monoisotopic (exact) mass is 313 g/mol. The van der Waals surface area contributed by atoms with E-state index < -0.39 is 17.8 Å². The lowest BCUT2D eigenvalue weighted by molar-refractivity contribution is -0.270. The van der Waals surface area contributed by atoms with Crippen LogP contribution in [0, 0.1) is 0 Å². The summed E-state index contributed by atoms with van der Waals surface area (Å²) in [6, 6.07) is 19.4. The first-order valence-corrected chi connectivity index (χ1v) is 7.68. The molecule has 0 aliphatic heterocycles. The molecule has 2 N–H and O–H groups in total. The summed E-state index contributed by atoms with van der Waals surface area (Å²) in [4.78, 5) is 11.4. The summed E-state index contributed by atoms with van der Waals surface area (Å²) in [6.07, 6.45) is -0.968. The number of nitrogens with two attached hydrogens (primary N) is 1. The zero-order chi connectivity index (χ0) is 16.9. The topological polar surface area (TPSA) is 61.6 Å². The summed E-state index contributed by atoms with van der Waals surface area (Å²) in [5.74, 6) is -1.60. The largest absolute Gasteiger partial charge is 0.367 e. The van der Waals surface area contributed by atoms with Gasteiger partial charge in [-0.1, -0.05) is 60.7 Å². The van der Waals surface area contributed by atoms with Crippen molar-refractivity contribution >= 4 is 5.91 Å². The molecule has 4 heteroatoms. The SMILES string of the molecule is CC(OC(C)(OC(C)c1ccccc1)c1ccccc1)C(N)=O. The van der Waals surface area contributed by atoms with E-state index in [1.54, 1.807) is 13.8 Å². The van der Waals surface area contributed by atoms with Gasteiger partial charge >= 0.3 is 0 Å². The van der Waals surface area contributed by atoms with Gasteiger partial charge in [-0.2, -0.15) is 0 Å². The smallest absolute Gasteiger partial charge is 0.246 e. The number of carbonyl (C=O) groups excluding carboxylic acids is 1. The van der Waals surface area contributed by atoms with Crippen molar-refractivity contribution in [1.82, 2.24) is 0 Å². The van der Waals surface area contributed by atoms with Crippen molar-refractivity contribution in [2.45, 2.75) is 38.8 Å². The van der Waals surface area contributed by atoms with E-state index in [1.807, 2.05) is 67.6 Å². The fourth-order valence-electron chi connectivity index (χ4n) is 2.43. The van der Waals surface area contributed by atoms with Crippen LogP contribution >= 0.6 is 0 Å². The van der Waals surface area contributed by atoms with Gasteiger partial charge in [0.2, 0.25) is 5.91 Å². The first kappa shape index (κ1) is 17.2. The molecule has 0 spiro atoms. The Morgan fingerprint density at radius 3 is 2.00 bits per heavy atom. The minimum Gasteiger partial charge on any atom is -0.367 e. The van der Waals surface area contributed by atoms with Crippen LogP contribution in [-0.2, 0) is 20.1 Å². The lowest BCUT2D eigenvalue weighted by atomic mass is 10.1. The number of ether oxygens (including phenoxy) is 2. The van der Waals surface area contributed by atoms with Crippen molar-refractivity contribution < 1.29 is 14.3 Å². The summed E-state index contributed by atoms with van der Waals surface area (Å²) >= 11 is 0. The number of benzene rings is 2. The van der Waals surface area contributed by atoms with Crippen LogP contribution in [-0.4, -0.2) is 12.0 Å². The Balaban J connectivity index is 2.28. The van der Waals surface area contributed by atoms with Gasteiger partial charge in [0, 0.05) is 5.56 Å². The van der Waals surface area contributed by atoms with Crippen molar-refractivity contribution in [3.63, 3.8) is 0 Å². The van der Waals surface area contributed by atoms with Crippen molar-refractivity contribution in [1.29, 1.82) is 0 Å². The number of carbonyl (C=O) groups is 1. The normalized spacial score (nSPS) is 16.3. The molecule has 2 rings (SSSR count). The number of hydrogen-bond donors (Lipinski definition) is 1. The van der Waals surface area contributed by atoms with Gasteiger partial charge < -0.3 is 15.2 Å². The van der Waals surface area contributed by atoms with E-state index in [2.05, 4.69) is 0 Å². The quantitative estimate of drug-likeness (QED) is 0.795. The maximum Gasteiger partial charge on any atom is 0.246 e. The fourth-order valence-corrected chi connectivity index (χ4v) is 2.43. The molecule has 1 amide bonds. The van der Waals surface area contributed by atoms with Crippen LogP contribution in [0.5, 0.6) is 0 Å². The summed E-state index contributed by atoms with van der Waals surface area (Å²) in [5, 5.41) is 0. The highest BCUT2D eigenvalue weighted by atomic mass is 16.7. The Morgan fingerprint density at radius 1 is 0.957 bits per heavy atom. The minimum absolute atomic E-state index is 0.207. The van der Waals surface area contributed by atoms with Crippen molar-refractivity contribution in [3.05, 3.63) is 71.8 Å². The molecule has 122 valence electrons. The van der Waals surface area contributed by atoms with Gasteiger partial charge in [0.15, 0.2) is 5.79 Å². The van der Waals surface area contributed by atoms with E-state index in [4.69, 9.17) is 15.2 Å². The first-order valence-electron chi connectivity index (χ1n) is 7.68. The Hall–Kier alpha value is -2.17. The van der Waals surface area contributed by atoms with E-state index in [1.165, 1.54) is 0 Å². The zero-order valence-corrected chi connectivity index (χ0v) is 13.7. The molecule has 0 radical (unpaired) electrons. The van der Waals surface area contributed by atoms with Gasteiger partial charge in [-0.3, -0.25) is 4.79 Å². The molecule has 0 saturated heterocycles. The van der Waals surface area contributed by atoms with Crippen LogP contribution in [0.2, 0.25) is 0 Å². The fraction of sp³-hybridized carbons (Fsp3) is 0.316. The Labute approximate surface area is 137 Å². The second kappa shape index (κ2) is 7.40. The predicted octanol–water partition coefficient (Wildman–Crippen LogP) is 3.53. The molecule has 0 bridgehead atoms. The number of rotatable bonds is 7. The van der Waals surface area contributed by atoms with Crippen molar-refractivity contribution in [3.8, 4) is 0 Å². The van der Waals surface area contributed by atoms with Gasteiger partial charge in [0.25, 0.3) is 0 Å². The van der Waals surface area contributed by atoms with E-state index in [0.717, 1.165) is 11.1 Å². The number of primary amides is 1. The molecule has 3 atom stereocenters. The van der Waals surface area contributed by atoms with Gasteiger partial charge in [-0.25, -0.2) is 0 Å². The number of hydrogen-bond acceptors (Lipinski definition) is 3. The molecule has 2 aromatic rings. The average molecular weight is 313 g/mol. The molecule has 3 unspecified atom stereocenters. The molecule has 0 aromatic heterocycles. The van der Waals surface area contributed by atoms with Gasteiger partial charge in [-0.15, -0.1) is 0 Å². The van der Waals surface area contributed by atoms with Crippen LogP contribution in [0.1, 0.15) is 38.0 Å². The van der Waals surface area contributed by atoms with E-state index in [9.17, 15) is 4.79 Å². The van der Waals surface area contributed by atoms with E-state index >= 15 is 0 Å². The van der Waals surface area contributed by atoms with Crippen LogP contribution in [0.4, 0.5) is 0 Å². The molecule has 23 heavy (non-hydrogen) atoms. The molecule has 0 saturated carbocycles. The Kier molecular flexibility index (Phi) is 5.53. The molecular formula is C19H23NO3. The van der Waals surface area contributed by atoms with E-state index in [0.29, 0.717) is 0 Å². The number of amides is 1. The maximum atomic E-state index is 11.4. The third kappa shape index (κ3) is 4.41. The van der Waals surface area contributed by atoms with Gasteiger partial charge in [0.1, 0.15) is 6.10 Å². The van der Waals surface area contributed by atoms with E-state index in [-0.39, 0.29) is 6.10 Å². The maximum absolute atomic E-state index is 11.4. The second-order valence-corrected chi connectivity index (χ2v) is 5.64. The molecule has 0 aliphatic carbocycles. The molecule has 2 aromatic carbocycles. The molecular weight excluding hydrogens is 290 g/mol. The van der Waals surface area contributed by atoms with Crippen molar-refractivity contribution in [2.24, 2.45) is 5.73 Å². The van der Waals surface area contributed by atoms with Crippen LogP contribution in [0.15, 0.2) is 60.7 Å². The molecule has 0 aliphatic rings. The standard InChI is InChI=1S/C19H23NO3/c1-14(16-10-6-4-7-11-16)22-19(3,23-15(2)18(20)21)17-12-8-5-9-13-17/h4-15H,1-3H3,(H2,20,21). The van der Waals surface area contributed by atoms with Crippen LogP contribution in [0.25, 0.3) is 0 Å². The highest BCUT2D eigenvalue weighted by molar-refractivity contribution is 5.78. The van der Waals surface area contributed by atoms with Gasteiger partial charge in [-0.05, 0) is 26.3 Å². The summed E-state index contributed by atoms with van der Waals surface area (Å²) in [7, 11) is 0. The lowest BCUT2D eigenvalue weighted by Gasteiger charge is -2.35. The van der Waals surface area contributed by atoms with Crippen molar-refractivity contribution in [2.75, 3.05) is 0 Å². The van der Waals surface area contributed by atoms with Crippen LogP contribution in [0.3, 0.4) is 0 Å². The molecule has 0 fully saturated rings. The first-order chi connectivity index (χ1) is 10.9. The summed E-state index contributed by atoms with van der Waals surface area (Å²) in [5.41, 5.74) is 7.21. The molecule has 4 nitrogen and oxygen atoms in total. The highest BCUT2D eigenvalue weighted by Gasteiger charge is 2.34. The minimum atomic E-state index is -1.08. The summed E-state index contributed by atoms with van der Waals surface area (Å²) < 4.78 is 12.1. The summed E-state index contributed by atoms with van der Waals surface area (Å²) in [6.45, 7) is 5.39.